The van der Waals surface area contributed by atoms with Crippen LogP contribution in [-0.4, -0.2) is 36.9 Å². The van der Waals surface area contributed by atoms with E-state index in [1.807, 2.05) is 29.2 Å². The quantitative estimate of drug-likeness (QED) is 0.636. The van der Waals surface area contributed by atoms with Crippen molar-refractivity contribution in [1.82, 2.24) is 19.1 Å². The smallest absolute Gasteiger partial charge is 0.329 e. The first kappa shape index (κ1) is 15.2. The van der Waals surface area contributed by atoms with Crippen LogP contribution >= 0.6 is 15.9 Å². The molecule has 1 unspecified atom stereocenters. The Morgan fingerprint density at radius 1 is 1.25 bits per heavy atom. The number of β-amino-alcohol motifs (C(OH)–C–C–N with tert-alkyl or cyclic N) is 1. The molecule has 8 nitrogen and oxygen atoms in total. The van der Waals surface area contributed by atoms with E-state index in [0.717, 1.165) is 10.2 Å². The molecule has 1 aliphatic heterocycles. The van der Waals surface area contributed by atoms with Crippen LogP contribution in [0.2, 0.25) is 0 Å². The number of aryl methyl sites for hydroxylation is 1. The molecule has 0 spiro atoms. The predicted octanol–water partition coefficient (Wildman–Crippen LogP) is 0.698. The first-order chi connectivity index (χ1) is 11.5. The Bertz CT molecular complexity index is 1050. The van der Waals surface area contributed by atoms with Gasteiger partial charge in [-0.25, -0.2) is 4.79 Å². The maximum atomic E-state index is 12.2. The number of aliphatic hydroxyl groups is 1. The zero-order valence-electron chi connectivity index (χ0n) is 12.7. The second-order valence-electron chi connectivity index (χ2n) is 5.75. The fourth-order valence-corrected chi connectivity index (χ4v) is 3.27. The molecule has 4 rings (SSSR count). The highest BCUT2D eigenvalue weighted by atomic mass is 79.9. The molecule has 3 heterocycles. The van der Waals surface area contributed by atoms with Crippen LogP contribution < -0.4 is 16.1 Å². The van der Waals surface area contributed by atoms with Crippen LogP contribution in [0.1, 0.15) is 0 Å². The van der Waals surface area contributed by atoms with Gasteiger partial charge in [-0.2, -0.15) is 4.98 Å². The number of aliphatic hydroxyl groups excluding tert-OH is 1. The number of rotatable bonds is 1. The first-order valence-electron chi connectivity index (χ1n) is 7.36. The predicted molar refractivity (Wildman–Crippen MR) is 92.7 cm³/mol. The summed E-state index contributed by atoms with van der Waals surface area (Å²) in [6, 6.07) is 7.59. The number of H-pyrrole nitrogens is 1. The number of nitrogens with one attached hydrogen (secondary N) is 1. The second kappa shape index (κ2) is 5.32. The molecule has 124 valence electrons. The Morgan fingerprint density at radius 3 is 2.67 bits per heavy atom. The molecule has 9 heteroatoms. The number of nitrogens with zero attached hydrogens (tertiary/aromatic N) is 4. The van der Waals surface area contributed by atoms with Crippen molar-refractivity contribution in [3.8, 4) is 0 Å². The molecule has 2 aromatic heterocycles. The van der Waals surface area contributed by atoms with Gasteiger partial charge in [0.15, 0.2) is 11.2 Å². The Labute approximate surface area is 144 Å². The molecule has 0 amide bonds. The lowest BCUT2D eigenvalue weighted by atomic mass is 10.2. The van der Waals surface area contributed by atoms with Crippen LogP contribution in [0.4, 0.5) is 11.6 Å². The number of hydrogen-bond donors (Lipinski definition) is 2. The lowest BCUT2D eigenvalue weighted by molar-refractivity contribution is 0.154. The SMILES string of the molecule is Cn1c(=O)[nH]c(=O)c2c1nc1n2CC(O)CN1c1ccc(Br)cc1. The van der Waals surface area contributed by atoms with E-state index in [0.29, 0.717) is 18.1 Å². The van der Waals surface area contributed by atoms with E-state index in [1.165, 1.54) is 4.57 Å². The maximum Gasteiger partial charge on any atom is 0.329 e. The fraction of sp³-hybridized carbons (Fsp3) is 0.267. The largest absolute Gasteiger partial charge is 0.389 e. The van der Waals surface area contributed by atoms with Crippen LogP contribution in [0.5, 0.6) is 0 Å². The number of benzene rings is 1. The van der Waals surface area contributed by atoms with Gasteiger partial charge in [0.2, 0.25) is 5.95 Å². The summed E-state index contributed by atoms with van der Waals surface area (Å²) in [4.78, 5) is 32.7. The van der Waals surface area contributed by atoms with Crippen LogP contribution in [0.3, 0.4) is 0 Å². The van der Waals surface area contributed by atoms with Gasteiger partial charge in [0.1, 0.15) is 0 Å². The van der Waals surface area contributed by atoms with Crippen molar-refractivity contribution >= 4 is 38.7 Å². The van der Waals surface area contributed by atoms with Gasteiger partial charge in [0, 0.05) is 17.2 Å². The van der Waals surface area contributed by atoms with Crippen molar-refractivity contribution in [2.45, 2.75) is 12.6 Å². The summed E-state index contributed by atoms with van der Waals surface area (Å²) in [6.07, 6.45) is -0.657. The number of anilines is 2. The van der Waals surface area contributed by atoms with Gasteiger partial charge in [-0.05, 0) is 24.3 Å². The van der Waals surface area contributed by atoms with E-state index >= 15 is 0 Å². The summed E-state index contributed by atoms with van der Waals surface area (Å²) in [6.45, 7) is 0.608. The monoisotopic (exact) mass is 391 g/mol. The summed E-state index contributed by atoms with van der Waals surface area (Å²) in [5.74, 6) is 0.532. The van der Waals surface area contributed by atoms with Gasteiger partial charge >= 0.3 is 5.69 Å². The number of aromatic nitrogens is 4. The highest BCUT2D eigenvalue weighted by Gasteiger charge is 2.29. The molecule has 1 aromatic carbocycles. The first-order valence-corrected chi connectivity index (χ1v) is 8.15. The average Bonchev–Trinajstić information content (AvgIpc) is 2.92. The minimum atomic E-state index is -0.657. The summed E-state index contributed by atoms with van der Waals surface area (Å²) >= 11 is 3.40. The Balaban J connectivity index is 2.00. The van der Waals surface area contributed by atoms with Gasteiger partial charge in [-0.3, -0.25) is 14.3 Å². The minimum Gasteiger partial charge on any atom is -0.389 e. The standard InChI is InChI=1S/C15H14BrN5O3/c1-19-12-11(13(23)18-15(19)24)21-7-10(22)6-20(14(21)17-12)9-4-2-8(16)3-5-9/h2-5,10,22H,6-7H2,1H3,(H,18,23,24). The minimum absolute atomic E-state index is 0.250. The topological polar surface area (TPSA) is 96.2 Å². The molecule has 2 N–H and O–H groups in total. The van der Waals surface area contributed by atoms with Crippen molar-refractivity contribution in [2.24, 2.45) is 7.05 Å². The van der Waals surface area contributed by atoms with Crippen molar-refractivity contribution in [3.05, 3.63) is 49.6 Å². The van der Waals surface area contributed by atoms with Gasteiger partial charge in [0.05, 0.1) is 19.2 Å². The summed E-state index contributed by atoms with van der Waals surface area (Å²) in [7, 11) is 1.56. The molecule has 0 bridgehead atoms. The van der Waals surface area contributed by atoms with Gasteiger partial charge < -0.3 is 14.6 Å². The molecule has 0 radical (unpaired) electrons. The molecule has 0 saturated carbocycles. The fourth-order valence-electron chi connectivity index (χ4n) is 3.00. The van der Waals surface area contributed by atoms with Crippen LogP contribution in [0, 0.1) is 0 Å². The highest BCUT2D eigenvalue weighted by Crippen LogP contribution is 2.31. The number of halogens is 1. The van der Waals surface area contributed by atoms with Crippen molar-refractivity contribution in [3.63, 3.8) is 0 Å². The van der Waals surface area contributed by atoms with E-state index in [9.17, 15) is 14.7 Å². The molecule has 1 aliphatic rings. The Hall–Kier alpha value is -2.39. The molecule has 0 saturated heterocycles. The summed E-state index contributed by atoms with van der Waals surface area (Å²) in [5.41, 5.74) is 0.410. The summed E-state index contributed by atoms with van der Waals surface area (Å²) in [5, 5.41) is 10.3. The third-order valence-electron chi connectivity index (χ3n) is 4.15. The highest BCUT2D eigenvalue weighted by molar-refractivity contribution is 9.10. The second-order valence-corrected chi connectivity index (χ2v) is 6.67. The van der Waals surface area contributed by atoms with Crippen molar-refractivity contribution in [1.29, 1.82) is 0 Å². The lowest BCUT2D eigenvalue weighted by Crippen LogP contribution is -2.39. The zero-order valence-corrected chi connectivity index (χ0v) is 14.3. The van der Waals surface area contributed by atoms with Crippen LogP contribution in [-0.2, 0) is 13.6 Å². The van der Waals surface area contributed by atoms with Gasteiger partial charge in [-0.1, -0.05) is 15.9 Å². The molecular formula is C15H14BrN5O3. The normalized spacial score (nSPS) is 17.3. The average molecular weight is 392 g/mol. The number of hydrogen-bond acceptors (Lipinski definition) is 5. The molecule has 0 aliphatic carbocycles. The number of imidazole rings is 1. The molecule has 1 atom stereocenters. The van der Waals surface area contributed by atoms with E-state index in [4.69, 9.17) is 0 Å². The molecule has 3 aromatic rings. The third kappa shape index (κ3) is 2.20. The third-order valence-corrected chi connectivity index (χ3v) is 4.68. The van der Waals surface area contributed by atoms with E-state index in [1.54, 1.807) is 11.6 Å². The summed E-state index contributed by atoms with van der Waals surface area (Å²) < 4.78 is 3.90. The molecule has 24 heavy (non-hydrogen) atoms. The lowest BCUT2D eigenvalue weighted by Gasteiger charge is -2.32. The van der Waals surface area contributed by atoms with Crippen molar-refractivity contribution in [2.75, 3.05) is 11.4 Å². The number of fused-ring (bicyclic) bond motifs is 3. The number of aromatic amines is 1. The van der Waals surface area contributed by atoms with Gasteiger partial charge in [0.25, 0.3) is 5.56 Å². The zero-order chi connectivity index (χ0) is 17.0. The van der Waals surface area contributed by atoms with E-state index < -0.39 is 17.4 Å². The van der Waals surface area contributed by atoms with Gasteiger partial charge in [-0.15, -0.1) is 0 Å². The molecule has 0 fully saturated rings. The van der Waals surface area contributed by atoms with Crippen LogP contribution in [0.15, 0.2) is 38.3 Å². The molecular weight excluding hydrogens is 378 g/mol. The Kier molecular flexibility index (Phi) is 3.36. The maximum absolute atomic E-state index is 12.2. The van der Waals surface area contributed by atoms with E-state index in [-0.39, 0.29) is 12.1 Å². The van der Waals surface area contributed by atoms with E-state index in [2.05, 4.69) is 25.9 Å². The Morgan fingerprint density at radius 2 is 1.96 bits per heavy atom. The van der Waals surface area contributed by atoms with Crippen molar-refractivity contribution < 1.29 is 5.11 Å². The van der Waals surface area contributed by atoms with Crippen LogP contribution in [0.25, 0.3) is 11.2 Å².